The number of halogens is 1. The third-order valence-corrected chi connectivity index (χ3v) is 5.90. The van der Waals surface area contributed by atoms with Gasteiger partial charge in [0.05, 0.1) is 6.54 Å². The van der Waals surface area contributed by atoms with Crippen LogP contribution in [0.5, 0.6) is 5.75 Å². The fourth-order valence-corrected chi connectivity index (χ4v) is 3.92. The lowest BCUT2D eigenvalue weighted by molar-refractivity contribution is -0.117. The van der Waals surface area contributed by atoms with E-state index in [4.69, 9.17) is 16.3 Å². The lowest BCUT2D eigenvalue weighted by atomic mass is 9.96. The van der Waals surface area contributed by atoms with Crippen molar-refractivity contribution < 1.29 is 9.53 Å². The second kappa shape index (κ2) is 10.1. The average molecular weight is 431 g/mol. The van der Waals surface area contributed by atoms with Crippen LogP contribution in [-0.2, 0) is 4.79 Å². The number of carbonyl (C=O) groups excluding carboxylic acids is 1. The van der Waals surface area contributed by atoms with Gasteiger partial charge in [-0.05, 0) is 43.9 Å². The van der Waals surface area contributed by atoms with Gasteiger partial charge >= 0.3 is 0 Å². The van der Waals surface area contributed by atoms with Gasteiger partial charge in [-0.1, -0.05) is 37.6 Å². The van der Waals surface area contributed by atoms with E-state index in [0.29, 0.717) is 23.3 Å². The van der Waals surface area contributed by atoms with Gasteiger partial charge in [0.1, 0.15) is 29.0 Å². The van der Waals surface area contributed by atoms with Crippen molar-refractivity contribution in [1.82, 2.24) is 9.97 Å². The third kappa shape index (κ3) is 5.63. The molecule has 0 aliphatic carbocycles. The highest BCUT2D eigenvalue weighted by atomic mass is 35.5. The molecule has 6 nitrogen and oxygen atoms in total. The Balaban J connectivity index is 1.61. The van der Waals surface area contributed by atoms with Crippen LogP contribution in [0.25, 0.3) is 0 Å². The number of anilines is 2. The predicted octanol–water partition coefficient (Wildman–Crippen LogP) is 5.08. The number of carbonyl (C=O) groups is 1. The quantitative estimate of drug-likeness (QED) is 0.598. The lowest BCUT2D eigenvalue weighted by Crippen LogP contribution is -2.26. The predicted molar refractivity (Wildman–Crippen MR) is 122 cm³/mol. The highest BCUT2D eigenvalue weighted by Gasteiger charge is 2.27. The summed E-state index contributed by atoms with van der Waals surface area (Å²) in [7, 11) is 0. The van der Waals surface area contributed by atoms with Crippen LogP contribution in [0.15, 0.2) is 30.6 Å². The molecule has 3 rings (SSSR count). The van der Waals surface area contributed by atoms with Gasteiger partial charge < -0.3 is 19.7 Å². The number of nitrogens with zero attached hydrogens (tertiary/aromatic N) is 3. The molecule has 0 saturated carbocycles. The van der Waals surface area contributed by atoms with Crippen molar-refractivity contribution in [3.05, 3.63) is 41.2 Å². The molecule has 1 N–H and O–H groups in total. The average Bonchev–Trinajstić information content (AvgIpc) is 3.17. The molecule has 1 aliphatic rings. The molecule has 2 aromatic rings. The molecule has 1 aliphatic heterocycles. The van der Waals surface area contributed by atoms with E-state index < -0.39 is 0 Å². The SMILES string of the molecule is CCC(C)Nc1ncnc(N2CC[C@@H](Oc3ccc([C@H](C)CC(C)=O)cc3)C2)c1Cl. The summed E-state index contributed by atoms with van der Waals surface area (Å²) >= 11 is 6.59. The van der Waals surface area contributed by atoms with Crippen LogP contribution >= 0.6 is 11.6 Å². The molecule has 3 atom stereocenters. The number of benzene rings is 1. The maximum atomic E-state index is 11.3. The zero-order valence-corrected chi connectivity index (χ0v) is 18.9. The van der Waals surface area contributed by atoms with Gasteiger partial charge in [-0.2, -0.15) is 0 Å². The van der Waals surface area contributed by atoms with E-state index in [1.54, 1.807) is 13.3 Å². The second-order valence-electron chi connectivity index (χ2n) is 8.16. The van der Waals surface area contributed by atoms with Crippen molar-refractivity contribution in [2.75, 3.05) is 23.3 Å². The largest absolute Gasteiger partial charge is 0.489 e. The van der Waals surface area contributed by atoms with Gasteiger partial charge in [0, 0.05) is 25.4 Å². The molecule has 0 amide bonds. The molecule has 1 fully saturated rings. The van der Waals surface area contributed by atoms with Crippen molar-refractivity contribution >= 4 is 29.0 Å². The van der Waals surface area contributed by atoms with Gasteiger partial charge in [0.25, 0.3) is 0 Å². The van der Waals surface area contributed by atoms with Crippen LogP contribution in [0.3, 0.4) is 0 Å². The van der Waals surface area contributed by atoms with Gasteiger partial charge in [0.15, 0.2) is 11.6 Å². The summed E-state index contributed by atoms with van der Waals surface area (Å²) in [5.74, 6) is 2.69. The minimum absolute atomic E-state index is 0.0718. The Morgan fingerprint density at radius 3 is 2.70 bits per heavy atom. The lowest BCUT2D eigenvalue weighted by Gasteiger charge is -2.21. The number of hydrogen-bond acceptors (Lipinski definition) is 6. The highest BCUT2D eigenvalue weighted by molar-refractivity contribution is 6.35. The minimum atomic E-state index is 0.0718. The summed E-state index contributed by atoms with van der Waals surface area (Å²) in [4.78, 5) is 22.2. The molecule has 0 radical (unpaired) electrons. The first kappa shape index (κ1) is 22.3. The Morgan fingerprint density at radius 2 is 2.03 bits per heavy atom. The van der Waals surface area contributed by atoms with E-state index in [2.05, 4.69) is 41.0 Å². The summed E-state index contributed by atoms with van der Waals surface area (Å²) in [5.41, 5.74) is 1.15. The van der Waals surface area contributed by atoms with Crippen molar-refractivity contribution in [3.63, 3.8) is 0 Å². The fraction of sp³-hybridized carbons (Fsp3) is 0.522. The normalized spacial score (nSPS) is 18.2. The van der Waals surface area contributed by atoms with E-state index in [1.165, 1.54) is 0 Å². The number of ketones is 1. The van der Waals surface area contributed by atoms with Gasteiger partial charge in [-0.15, -0.1) is 0 Å². The molecule has 1 aromatic carbocycles. The number of rotatable bonds is 9. The summed E-state index contributed by atoms with van der Waals surface area (Å²) in [6.45, 7) is 9.48. The van der Waals surface area contributed by atoms with E-state index in [0.717, 1.165) is 43.1 Å². The van der Waals surface area contributed by atoms with Crippen LogP contribution < -0.4 is 15.0 Å². The first-order valence-electron chi connectivity index (χ1n) is 10.6. The smallest absolute Gasteiger partial charge is 0.153 e. The molecular weight excluding hydrogens is 400 g/mol. The van der Waals surface area contributed by atoms with Crippen LogP contribution in [0.4, 0.5) is 11.6 Å². The van der Waals surface area contributed by atoms with Crippen LogP contribution in [0.2, 0.25) is 5.02 Å². The van der Waals surface area contributed by atoms with Gasteiger partial charge in [-0.3, -0.25) is 0 Å². The molecule has 1 unspecified atom stereocenters. The molecule has 0 spiro atoms. The summed E-state index contributed by atoms with van der Waals surface area (Å²) in [5, 5.41) is 3.90. The van der Waals surface area contributed by atoms with E-state index in [-0.39, 0.29) is 17.8 Å². The first-order chi connectivity index (χ1) is 14.4. The van der Waals surface area contributed by atoms with Gasteiger partial charge in [-0.25, -0.2) is 9.97 Å². The zero-order valence-electron chi connectivity index (χ0n) is 18.2. The van der Waals surface area contributed by atoms with Crippen LogP contribution in [-0.4, -0.2) is 41.0 Å². The van der Waals surface area contributed by atoms with E-state index in [1.807, 2.05) is 24.3 Å². The van der Waals surface area contributed by atoms with E-state index >= 15 is 0 Å². The molecule has 30 heavy (non-hydrogen) atoms. The molecule has 1 saturated heterocycles. The monoisotopic (exact) mass is 430 g/mol. The Kier molecular flexibility index (Phi) is 7.53. The van der Waals surface area contributed by atoms with Gasteiger partial charge in [0.2, 0.25) is 0 Å². The molecule has 162 valence electrons. The number of aromatic nitrogens is 2. The molecule has 1 aromatic heterocycles. The maximum Gasteiger partial charge on any atom is 0.153 e. The molecule has 2 heterocycles. The van der Waals surface area contributed by atoms with Crippen molar-refractivity contribution in [2.45, 2.75) is 65.0 Å². The molecular formula is C23H31ClN4O2. The van der Waals surface area contributed by atoms with Crippen molar-refractivity contribution in [3.8, 4) is 5.75 Å². The summed E-state index contributed by atoms with van der Waals surface area (Å²) in [6, 6.07) is 8.36. The Labute approximate surface area is 184 Å². The molecule has 0 bridgehead atoms. The Hall–Kier alpha value is -2.34. The topological polar surface area (TPSA) is 67.3 Å². The highest BCUT2D eigenvalue weighted by Crippen LogP contribution is 2.32. The molecule has 7 heteroatoms. The Bertz CT molecular complexity index is 859. The van der Waals surface area contributed by atoms with Crippen molar-refractivity contribution in [1.29, 1.82) is 0 Å². The number of Topliss-reactive ketones (excluding diaryl/α,β-unsaturated/α-hetero) is 1. The second-order valence-corrected chi connectivity index (χ2v) is 8.54. The minimum Gasteiger partial charge on any atom is -0.489 e. The van der Waals surface area contributed by atoms with E-state index in [9.17, 15) is 4.79 Å². The maximum absolute atomic E-state index is 11.3. The van der Waals surface area contributed by atoms with Crippen molar-refractivity contribution in [2.24, 2.45) is 0 Å². The third-order valence-electron chi connectivity index (χ3n) is 5.56. The fourth-order valence-electron chi connectivity index (χ4n) is 3.65. The zero-order chi connectivity index (χ0) is 21.7. The number of nitrogens with one attached hydrogen (secondary N) is 1. The summed E-state index contributed by atoms with van der Waals surface area (Å²) < 4.78 is 6.18. The number of hydrogen-bond donors (Lipinski definition) is 1. The van der Waals surface area contributed by atoms with Crippen LogP contribution in [0.1, 0.15) is 58.4 Å². The Morgan fingerprint density at radius 1 is 1.30 bits per heavy atom. The number of ether oxygens (including phenoxy) is 1. The summed E-state index contributed by atoms with van der Waals surface area (Å²) in [6.07, 6.45) is 4.08. The standard InChI is InChI=1S/C23H31ClN4O2/c1-5-16(3)27-22-21(24)23(26-14-25-22)28-11-10-20(13-28)30-19-8-6-18(7-9-19)15(2)12-17(4)29/h6-9,14-16,20H,5,10-13H2,1-4H3,(H,25,26,27)/t15-,16?,20-/m1/s1. The first-order valence-corrected chi connectivity index (χ1v) is 11.0. The van der Waals surface area contributed by atoms with Crippen LogP contribution in [0, 0.1) is 0 Å².